The van der Waals surface area contributed by atoms with Crippen LogP contribution in [0.2, 0.25) is 0 Å². The standard InChI is InChI=1S/C67H110N4O9/c1-24-66(25-2,26-3)60(75)70-56-52(58(73)79-54-43(62(12,13)14)31-40(10)32-44(54)63(15,16)17)50(38(6)7)47(68-56)35-48-51(39(8)9)53(59(74)80-55-45(64(18,19)20)33-41(11)34-46(55)65(21,22)23)57(69-48)71-61(76)67(27-4,28-5)30-29-49(72)78-37-42-36-77-42/h35,38-46,54-55,68H,24-34,36-37H2,1-23H3,(H,70,75)(H,69,71,76)/b48-35-. The summed E-state index contributed by atoms with van der Waals surface area (Å²) in [5, 5.41) is 6.43. The lowest BCUT2D eigenvalue weighted by Gasteiger charge is -2.50. The number of carbonyl (C=O) groups is 5. The first-order valence-corrected chi connectivity index (χ1v) is 31.1. The van der Waals surface area contributed by atoms with E-state index < -0.39 is 34.8 Å². The van der Waals surface area contributed by atoms with E-state index in [9.17, 15) is 9.59 Å². The summed E-state index contributed by atoms with van der Waals surface area (Å²) >= 11 is 0. The predicted octanol–water partition coefficient (Wildman–Crippen LogP) is 15.6. The number of amides is 2. The molecule has 2 amide bonds. The molecule has 5 rings (SSSR count). The van der Waals surface area contributed by atoms with Gasteiger partial charge >= 0.3 is 17.9 Å². The zero-order chi connectivity index (χ0) is 60.4. The highest BCUT2D eigenvalue weighted by molar-refractivity contribution is 6.26. The van der Waals surface area contributed by atoms with Crippen molar-refractivity contribution in [3.05, 3.63) is 33.7 Å². The monoisotopic (exact) mass is 1110 g/mol. The summed E-state index contributed by atoms with van der Waals surface area (Å²) in [6, 6.07) is 0. The maximum Gasteiger partial charge on any atom is 0.342 e. The van der Waals surface area contributed by atoms with Gasteiger partial charge in [-0.15, -0.1) is 0 Å². The number of epoxide rings is 1. The van der Waals surface area contributed by atoms with Crippen LogP contribution in [0.15, 0.2) is 21.8 Å². The van der Waals surface area contributed by atoms with Gasteiger partial charge in [0.1, 0.15) is 47.7 Å². The van der Waals surface area contributed by atoms with Crippen molar-refractivity contribution >= 4 is 47.5 Å². The van der Waals surface area contributed by atoms with Gasteiger partial charge in [0.15, 0.2) is 0 Å². The van der Waals surface area contributed by atoms with Gasteiger partial charge in [0.2, 0.25) is 11.8 Å². The van der Waals surface area contributed by atoms with E-state index in [1.54, 1.807) is 0 Å². The van der Waals surface area contributed by atoms with Crippen LogP contribution in [0.4, 0.5) is 5.82 Å². The molecule has 2 aliphatic heterocycles. The molecular weight excluding hydrogens is 1000 g/mol. The molecule has 2 saturated carbocycles. The molecular formula is C67H110N4O9. The second kappa shape index (κ2) is 25.7. The molecule has 80 heavy (non-hydrogen) atoms. The molecule has 0 radical (unpaired) electrons. The molecule has 0 spiro atoms. The first-order valence-electron chi connectivity index (χ1n) is 31.1. The van der Waals surface area contributed by atoms with E-state index in [0.29, 0.717) is 73.1 Å². The fourth-order valence-corrected chi connectivity index (χ4v) is 13.8. The van der Waals surface area contributed by atoms with Gasteiger partial charge in [-0.3, -0.25) is 14.4 Å². The molecule has 3 heterocycles. The molecule has 1 aromatic heterocycles. The van der Waals surface area contributed by atoms with Crippen LogP contribution in [0.5, 0.6) is 0 Å². The van der Waals surface area contributed by atoms with Crippen molar-refractivity contribution in [1.82, 2.24) is 10.3 Å². The molecule has 5 atom stereocenters. The predicted molar refractivity (Wildman–Crippen MR) is 323 cm³/mol. The van der Waals surface area contributed by atoms with Crippen LogP contribution in [0.1, 0.15) is 257 Å². The fourth-order valence-electron chi connectivity index (χ4n) is 13.8. The second-order valence-corrected chi connectivity index (χ2v) is 29.9. The van der Waals surface area contributed by atoms with E-state index in [-0.39, 0.29) is 123 Å². The van der Waals surface area contributed by atoms with Gasteiger partial charge in [0, 0.05) is 46.6 Å². The van der Waals surface area contributed by atoms with Crippen molar-refractivity contribution in [3.63, 3.8) is 0 Å². The van der Waals surface area contributed by atoms with Gasteiger partial charge in [-0.2, -0.15) is 0 Å². The third-order valence-electron chi connectivity index (χ3n) is 19.5. The van der Waals surface area contributed by atoms with E-state index in [1.165, 1.54) is 0 Å². The van der Waals surface area contributed by atoms with Crippen LogP contribution < -0.4 is 10.6 Å². The minimum Gasteiger partial charge on any atom is -0.463 e. The summed E-state index contributed by atoms with van der Waals surface area (Å²) in [4.78, 5) is 82.9. The van der Waals surface area contributed by atoms with Crippen LogP contribution in [0.3, 0.4) is 0 Å². The molecule has 0 aromatic carbocycles. The Morgan fingerprint density at radius 1 is 0.637 bits per heavy atom. The number of aromatic amines is 1. The lowest BCUT2D eigenvalue weighted by molar-refractivity contribution is -0.164. The Morgan fingerprint density at radius 2 is 1.06 bits per heavy atom. The van der Waals surface area contributed by atoms with Crippen LogP contribution in [-0.4, -0.2) is 72.1 Å². The fraction of sp³-hybridized carbons (Fsp3) is 0.791. The molecule has 1 saturated heterocycles. The summed E-state index contributed by atoms with van der Waals surface area (Å²) < 4.78 is 24.7. The van der Waals surface area contributed by atoms with E-state index in [0.717, 1.165) is 25.7 Å². The zero-order valence-electron chi connectivity index (χ0n) is 54.2. The summed E-state index contributed by atoms with van der Waals surface area (Å²) in [5.74, 6) is -1.10. The SMILES string of the molecule is CCC(CC)(CCC(=O)OCC1CO1)C(=O)NC1=N/C(=C\c2[nH]c(NC(=O)C(CC)(CC)CC)c(C(=O)OC3C(C(C)(C)C)CC(C)CC3C(C)(C)C)c2C(C)C)C(C(C)C)=C1C(=O)OC1C(C(C)(C)C)CC(C)CC1C(C)(C)C. The zero-order valence-corrected chi connectivity index (χ0v) is 54.2. The smallest absolute Gasteiger partial charge is 0.342 e. The second-order valence-electron chi connectivity index (χ2n) is 29.9. The number of rotatable bonds is 20. The summed E-state index contributed by atoms with van der Waals surface area (Å²) in [6.07, 6.45) is 7.52. The van der Waals surface area contributed by atoms with Crippen molar-refractivity contribution in [1.29, 1.82) is 0 Å². The lowest BCUT2D eigenvalue weighted by atomic mass is 9.59. The van der Waals surface area contributed by atoms with Crippen molar-refractivity contribution in [2.75, 3.05) is 18.5 Å². The quantitative estimate of drug-likeness (QED) is 0.0651. The molecule has 13 nitrogen and oxygen atoms in total. The van der Waals surface area contributed by atoms with Crippen molar-refractivity contribution in [2.45, 2.75) is 254 Å². The third-order valence-corrected chi connectivity index (χ3v) is 19.5. The Kier molecular flexibility index (Phi) is 21.4. The summed E-state index contributed by atoms with van der Waals surface area (Å²) in [7, 11) is 0. The lowest BCUT2D eigenvalue weighted by Crippen LogP contribution is -2.50. The van der Waals surface area contributed by atoms with E-state index >= 15 is 14.4 Å². The average Bonchev–Trinajstić information content (AvgIpc) is 4.06. The summed E-state index contributed by atoms with van der Waals surface area (Å²) in [6.45, 7) is 50.1. The molecule has 2 aliphatic carbocycles. The van der Waals surface area contributed by atoms with Crippen LogP contribution in [0, 0.1) is 73.9 Å². The number of amidine groups is 1. The van der Waals surface area contributed by atoms with E-state index in [2.05, 4.69) is 113 Å². The largest absolute Gasteiger partial charge is 0.463 e. The number of aromatic nitrogens is 1. The van der Waals surface area contributed by atoms with Gasteiger partial charge < -0.3 is 34.6 Å². The average molecular weight is 1120 g/mol. The highest BCUT2D eigenvalue weighted by Gasteiger charge is 2.51. The van der Waals surface area contributed by atoms with Crippen molar-refractivity contribution < 1.29 is 42.9 Å². The molecule has 3 N–H and O–H groups in total. The first-order chi connectivity index (χ1) is 36.9. The molecule has 0 bridgehead atoms. The number of esters is 3. The first kappa shape index (κ1) is 66.5. The normalized spacial score (nSPS) is 25.7. The van der Waals surface area contributed by atoms with E-state index in [1.807, 2.05) is 68.4 Å². The number of allylic oxidation sites excluding steroid dienone is 1. The van der Waals surface area contributed by atoms with Gasteiger partial charge in [-0.1, -0.05) is 159 Å². The Labute approximate surface area is 483 Å². The molecule has 4 aliphatic rings. The van der Waals surface area contributed by atoms with Gasteiger partial charge in [-0.05, 0) is 127 Å². The number of anilines is 1. The Bertz CT molecular complexity index is 2410. The molecule has 452 valence electrons. The maximum absolute atomic E-state index is 15.7. The number of aliphatic imine (C=N–C) groups is 1. The number of nitrogens with zero attached hydrogens (tertiary/aromatic N) is 1. The minimum absolute atomic E-state index is 0.0296. The highest BCUT2D eigenvalue weighted by atomic mass is 16.6. The Balaban J connectivity index is 1.78. The minimum atomic E-state index is -1.00. The van der Waals surface area contributed by atoms with E-state index in [4.69, 9.17) is 23.9 Å². The van der Waals surface area contributed by atoms with Crippen molar-refractivity contribution in [3.8, 4) is 0 Å². The number of ether oxygens (including phenoxy) is 4. The Hall–Kier alpha value is -4.26. The number of H-pyrrole nitrogens is 1. The number of carbonyl (C=O) groups excluding carboxylic acids is 5. The van der Waals surface area contributed by atoms with Gasteiger partial charge in [0.05, 0.1) is 12.3 Å². The maximum atomic E-state index is 15.7. The molecule has 13 heteroatoms. The van der Waals surface area contributed by atoms with Gasteiger partial charge in [0.25, 0.3) is 0 Å². The van der Waals surface area contributed by atoms with Crippen LogP contribution >= 0.6 is 0 Å². The van der Waals surface area contributed by atoms with Gasteiger partial charge in [-0.25, -0.2) is 14.6 Å². The third kappa shape index (κ3) is 15.1. The summed E-state index contributed by atoms with van der Waals surface area (Å²) in [5.41, 5.74) is 0.234. The number of hydrogen-bond donors (Lipinski definition) is 3. The molecule has 5 unspecified atom stereocenters. The molecule has 1 aromatic rings. The van der Waals surface area contributed by atoms with Crippen LogP contribution in [-0.2, 0) is 38.1 Å². The number of hydrogen-bond acceptors (Lipinski definition) is 10. The van der Waals surface area contributed by atoms with Crippen molar-refractivity contribution in [2.24, 2.45) is 78.9 Å². The number of nitrogens with one attached hydrogen (secondary N) is 3. The van der Waals surface area contributed by atoms with Crippen LogP contribution in [0.25, 0.3) is 6.08 Å². The molecule has 3 fully saturated rings. The topological polar surface area (TPSA) is 178 Å². The Morgan fingerprint density at radius 3 is 1.45 bits per heavy atom. The highest BCUT2D eigenvalue weighted by Crippen LogP contribution is 2.52.